The highest BCUT2D eigenvalue weighted by molar-refractivity contribution is 6.31. The number of likely N-dealkylation sites (N-methyl/N-ethyl adjacent to an activating group) is 1. The third-order valence-corrected chi connectivity index (χ3v) is 3.91. The average Bonchev–Trinajstić information content (AvgIpc) is 2.93. The van der Waals surface area contributed by atoms with Gasteiger partial charge in [-0.05, 0) is 27.0 Å². The van der Waals surface area contributed by atoms with E-state index in [1.54, 1.807) is 0 Å². The summed E-state index contributed by atoms with van der Waals surface area (Å²) in [5, 5.41) is 12.8. The minimum Gasteiger partial charge on any atom is -0.311 e. The highest BCUT2D eigenvalue weighted by atomic mass is 35.5. The third-order valence-electron chi connectivity index (χ3n) is 3.41. The zero-order chi connectivity index (χ0) is 14.0. The highest BCUT2D eigenvalue weighted by Crippen LogP contribution is 2.25. The lowest BCUT2D eigenvalue weighted by molar-refractivity contribution is 0.509. The van der Waals surface area contributed by atoms with Crippen LogP contribution in [0.15, 0.2) is 12.3 Å². The quantitative estimate of drug-likeness (QED) is 0.913. The minimum atomic E-state index is 0.173. The Morgan fingerprint density at radius 3 is 2.74 bits per heavy atom. The SMILES string of the molecule is CCn1nc(C)c(Cl)c1CC(NC)c1ccnn1C. The van der Waals surface area contributed by atoms with E-state index in [-0.39, 0.29) is 6.04 Å². The molecule has 2 heterocycles. The Labute approximate surface area is 118 Å². The summed E-state index contributed by atoms with van der Waals surface area (Å²) in [4.78, 5) is 0. The lowest BCUT2D eigenvalue weighted by atomic mass is 10.1. The van der Waals surface area contributed by atoms with Gasteiger partial charge in [0.25, 0.3) is 0 Å². The van der Waals surface area contributed by atoms with Crippen LogP contribution in [0.5, 0.6) is 0 Å². The van der Waals surface area contributed by atoms with Gasteiger partial charge in [-0.3, -0.25) is 9.36 Å². The van der Waals surface area contributed by atoms with Crippen LogP contribution in [0.1, 0.15) is 30.0 Å². The molecule has 104 valence electrons. The lowest BCUT2D eigenvalue weighted by Gasteiger charge is -2.17. The number of aryl methyl sites for hydroxylation is 3. The van der Waals surface area contributed by atoms with Crippen LogP contribution in [-0.4, -0.2) is 26.6 Å². The predicted molar refractivity (Wildman–Crippen MR) is 76.4 cm³/mol. The fourth-order valence-corrected chi connectivity index (χ4v) is 2.55. The van der Waals surface area contributed by atoms with E-state index in [1.165, 1.54) is 0 Å². The molecule has 2 aromatic heterocycles. The molecule has 1 N–H and O–H groups in total. The molecule has 0 spiro atoms. The van der Waals surface area contributed by atoms with Gasteiger partial charge in [0, 0.05) is 26.2 Å². The first kappa shape index (κ1) is 14.1. The molecule has 0 aromatic carbocycles. The maximum Gasteiger partial charge on any atom is 0.0847 e. The molecule has 0 radical (unpaired) electrons. The van der Waals surface area contributed by atoms with E-state index in [0.29, 0.717) is 0 Å². The van der Waals surface area contributed by atoms with E-state index in [2.05, 4.69) is 22.4 Å². The number of hydrogen-bond acceptors (Lipinski definition) is 3. The zero-order valence-corrected chi connectivity index (χ0v) is 12.6. The first-order valence-electron chi connectivity index (χ1n) is 6.45. The number of nitrogens with one attached hydrogen (secondary N) is 1. The summed E-state index contributed by atoms with van der Waals surface area (Å²) < 4.78 is 3.85. The van der Waals surface area contributed by atoms with E-state index in [4.69, 9.17) is 11.6 Å². The normalized spacial score (nSPS) is 12.9. The second-order valence-corrected chi connectivity index (χ2v) is 4.96. The van der Waals surface area contributed by atoms with Crippen LogP contribution in [0, 0.1) is 6.92 Å². The predicted octanol–water partition coefficient (Wildman–Crippen LogP) is 2.10. The van der Waals surface area contributed by atoms with Gasteiger partial charge in [-0.2, -0.15) is 10.2 Å². The molecular formula is C13H20ClN5. The largest absolute Gasteiger partial charge is 0.311 e. The maximum absolute atomic E-state index is 6.36. The van der Waals surface area contributed by atoms with Crippen LogP contribution in [0.25, 0.3) is 0 Å². The summed E-state index contributed by atoms with van der Waals surface area (Å²) in [6.07, 6.45) is 2.60. The molecule has 1 atom stereocenters. The third kappa shape index (κ3) is 2.67. The van der Waals surface area contributed by atoms with Crippen LogP contribution >= 0.6 is 11.6 Å². The van der Waals surface area contributed by atoms with Gasteiger partial charge in [0.2, 0.25) is 0 Å². The molecule has 2 rings (SSSR count). The fourth-order valence-electron chi connectivity index (χ4n) is 2.34. The van der Waals surface area contributed by atoms with Gasteiger partial charge >= 0.3 is 0 Å². The van der Waals surface area contributed by atoms with E-state index < -0.39 is 0 Å². The molecule has 0 amide bonds. The van der Waals surface area contributed by atoms with Gasteiger partial charge in [-0.1, -0.05) is 11.6 Å². The number of halogens is 1. The Kier molecular flexibility index (Phi) is 4.27. The van der Waals surface area contributed by atoms with Crippen molar-refractivity contribution in [2.75, 3.05) is 7.05 Å². The molecule has 0 aliphatic heterocycles. The van der Waals surface area contributed by atoms with Crippen molar-refractivity contribution in [2.24, 2.45) is 7.05 Å². The van der Waals surface area contributed by atoms with E-state index in [0.717, 1.165) is 35.1 Å². The van der Waals surface area contributed by atoms with Gasteiger partial charge in [-0.15, -0.1) is 0 Å². The molecule has 5 nitrogen and oxygen atoms in total. The van der Waals surface area contributed by atoms with Crippen molar-refractivity contribution in [2.45, 2.75) is 32.9 Å². The minimum absolute atomic E-state index is 0.173. The van der Waals surface area contributed by atoms with Gasteiger partial charge in [0.1, 0.15) is 0 Å². The van der Waals surface area contributed by atoms with E-state index in [9.17, 15) is 0 Å². The molecule has 0 saturated carbocycles. The first-order valence-corrected chi connectivity index (χ1v) is 6.83. The molecule has 0 bridgehead atoms. The summed E-state index contributed by atoms with van der Waals surface area (Å²) >= 11 is 6.36. The first-order chi connectivity index (χ1) is 9.08. The lowest BCUT2D eigenvalue weighted by Crippen LogP contribution is -2.23. The number of aromatic nitrogens is 4. The Hall–Kier alpha value is -1.33. The van der Waals surface area contributed by atoms with E-state index in [1.807, 2.05) is 42.6 Å². The van der Waals surface area contributed by atoms with Crippen molar-refractivity contribution >= 4 is 11.6 Å². The average molecular weight is 282 g/mol. The molecule has 0 aliphatic rings. The number of nitrogens with zero attached hydrogens (tertiary/aromatic N) is 4. The molecule has 1 unspecified atom stereocenters. The maximum atomic E-state index is 6.36. The smallest absolute Gasteiger partial charge is 0.0847 e. The van der Waals surface area contributed by atoms with Crippen molar-refractivity contribution < 1.29 is 0 Å². The molecule has 19 heavy (non-hydrogen) atoms. The van der Waals surface area contributed by atoms with Crippen molar-refractivity contribution in [3.8, 4) is 0 Å². The summed E-state index contributed by atoms with van der Waals surface area (Å²) in [5.41, 5.74) is 3.10. The monoisotopic (exact) mass is 281 g/mol. The van der Waals surface area contributed by atoms with Crippen LogP contribution in [0.3, 0.4) is 0 Å². The van der Waals surface area contributed by atoms with Crippen molar-refractivity contribution in [1.82, 2.24) is 24.9 Å². The van der Waals surface area contributed by atoms with Crippen LogP contribution in [0.4, 0.5) is 0 Å². The summed E-state index contributed by atoms with van der Waals surface area (Å²) in [5.74, 6) is 0. The number of hydrogen-bond donors (Lipinski definition) is 1. The topological polar surface area (TPSA) is 47.7 Å². The molecule has 6 heteroatoms. The van der Waals surface area contributed by atoms with Crippen LogP contribution in [0.2, 0.25) is 5.02 Å². The van der Waals surface area contributed by atoms with Crippen LogP contribution < -0.4 is 5.32 Å². The molecular weight excluding hydrogens is 262 g/mol. The van der Waals surface area contributed by atoms with Gasteiger partial charge in [0.15, 0.2) is 0 Å². The Morgan fingerprint density at radius 1 is 1.47 bits per heavy atom. The fraction of sp³-hybridized carbons (Fsp3) is 0.538. The Morgan fingerprint density at radius 2 is 2.21 bits per heavy atom. The second kappa shape index (κ2) is 5.75. The van der Waals surface area contributed by atoms with E-state index >= 15 is 0 Å². The molecule has 2 aromatic rings. The standard InChI is InChI=1S/C13H20ClN5/c1-5-19-12(13(14)9(2)17-19)8-10(15-3)11-6-7-16-18(11)4/h6-7,10,15H,5,8H2,1-4H3. The van der Waals surface area contributed by atoms with Gasteiger partial charge in [0.05, 0.1) is 28.1 Å². The number of rotatable bonds is 5. The Bertz CT molecular complexity index is 557. The van der Waals surface area contributed by atoms with Gasteiger partial charge in [-0.25, -0.2) is 0 Å². The van der Waals surface area contributed by atoms with Gasteiger partial charge < -0.3 is 5.32 Å². The molecule has 0 fully saturated rings. The zero-order valence-electron chi connectivity index (χ0n) is 11.8. The Balaban J connectivity index is 2.31. The second-order valence-electron chi connectivity index (χ2n) is 4.59. The summed E-state index contributed by atoms with van der Waals surface area (Å²) in [6, 6.07) is 2.19. The van der Waals surface area contributed by atoms with Crippen molar-refractivity contribution in [3.05, 3.63) is 34.4 Å². The summed E-state index contributed by atoms with van der Waals surface area (Å²) in [7, 11) is 3.90. The van der Waals surface area contributed by atoms with Crippen molar-refractivity contribution in [1.29, 1.82) is 0 Å². The summed E-state index contributed by atoms with van der Waals surface area (Å²) in [6.45, 7) is 4.84. The highest BCUT2D eigenvalue weighted by Gasteiger charge is 2.19. The molecule has 0 saturated heterocycles. The van der Waals surface area contributed by atoms with Crippen LogP contribution in [-0.2, 0) is 20.0 Å². The van der Waals surface area contributed by atoms with Crippen molar-refractivity contribution in [3.63, 3.8) is 0 Å². The molecule has 0 aliphatic carbocycles.